The molecule has 3 rings (SSSR count). The van der Waals surface area contributed by atoms with Crippen LogP contribution in [0.5, 0.6) is 11.5 Å². The molecule has 0 bridgehead atoms. The van der Waals surface area contributed by atoms with E-state index in [-0.39, 0.29) is 17.4 Å². The van der Waals surface area contributed by atoms with Crippen LogP contribution < -0.4 is 15.5 Å². The van der Waals surface area contributed by atoms with Crippen molar-refractivity contribution in [1.82, 2.24) is 20.2 Å². The van der Waals surface area contributed by atoms with Crippen molar-refractivity contribution in [3.05, 3.63) is 57.4 Å². The van der Waals surface area contributed by atoms with Gasteiger partial charge in [0.05, 0.1) is 25.6 Å². The Labute approximate surface area is 203 Å². The average Bonchev–Trinajstić information content (AvgIpc) is 3.20. The second-order valence-electron chi connectivity index (χ2n) is 6.51. The highest BCUT2D eigenvalue weighted by molar-refractivity contribution is 14.1. The third kappa shape index (κ3) is 6.60. The molecule has 0 aliphatic carbocycles. The topological polar surface area (TPSA) is 114 Å². The zero-order valence-corrected chi connectivity index (χ0v) is 20.6. The van der Waals surface area contributed by atoms with Gasteiger partial charge < -0.3 is 19.7 Å². The summed E-state index contributed by atoms with van der Waals surface area (Å²) in [5, 5.41) is 26.2. The lowest BCUT2D eigenvalue weighted by molar-refractivity contribution is -0.118. The summed E-state index contributed by atoms with van der Waals surface area (Å²) in [6.45, 7) is 3.23. The lowest BCUT2D eigenvalue weighted by atomic mass is 10.2. The number of phenols is 1. The second-order valence-corrected chi connectivity index (χ2v) is 8.70. The predicted molar refractivity (Wildman–Crippen MR) is 133 cm³/mol. The fourth-order valence-corrected chi connectivity index (χ4v) is 3.90. The van der Waals surface area contributed by atoms with Gasteiger partial charge >= 0.3 is 0 Å². The van der Waals surface area contributed by atoms with Crippen LogP contribution in [0.25, 0.3) is 0 Å². The summed E-state index contributed by atoms with van der Waals surface area (Å²) in [5.41, 5.74) is 3.89. The molecule has 0 saturated carbocycles. The van der Waals surface area contributed by atoms with E-state index in [2.05, 4.69) is 48.6 Å². The van der Waals surface area contributed by atoms with Gasteiger partial charge in [0.15, 0.2) is 11.0 Å². The maximum absolute atomic E-state index is 12.2. The Morgan fingerprint density at radius 2 is 2.06 bits per heavy atom. The van der Waals surface area contributed by atoms with Gasteiger partial charge in [0.25, 0.3) is 5.91 Å². The van der Waals surface area contributed by atoms with Crippen LogP contribution in [-0.2, 0) is 17.9 Å². The van der Waals surface area contributed by atoms with E-state index in [9.17, 15) is 9.90 Å². The molecule has 168 valence electrons. The second kappa shape index (κ2) is 11.7. The monoisotopic (exact) mass is 566 g/mol. The van der Waals surface area contributed by atoms with Crippen LogP contribution in [0.15, 0.2) is 52.7 Å². The van der Waals surface area contributed by atoms with Crippen LogP contribution in [0.1, 0.15) is 18.3 Å². The number of carbonyl (C=O) groups excluding carboxylic acids is 1. The third-order valence-corrected chi connectivity index (χ3v) is 6.05. The summed E-state index contributed by atoms with van der Waals surface area (Å²) in [4.78, 5) is 12.2. The first-order valence-corrected chi connectivity index (χ1v) is 11.8. The molecule has 0 aliphatic heterocycles. The van der Waals surface area contributed by atoms with Crippen molar-refractivity contribution < 1.29 is 14.6 Å². The number of aromatic hydroxyl groups is 1. The van der Waals surface area contributed by atoms with E-state index < -0.39 is 0 Å². The van der Waals surface area contributed by atoms with E-state index in [0.29, 0.717) is 29.6 Å². The molecular formula is C21H23IN6O3S. The molecule has 0 unspecified atom stereocenters. The van der Waals surface area contributed by atoms with Gasteiger partial charge in [0.1, 0.15) is 11.5 Å². The molecule has 11 heteroatoms. The molecular weight excluding hydrogens is 543 g/mol. The van der Waals surface area contributed by atoms with Crippen molar-refractivity contribution in [3.8, 4) is 11.5 Å². The van der Waals surface area contributed by atoms with Crippen molar-refractivity contribution in [2.45, 2.75) is 25.2 Å². The lowest BCUT2D eigenvalue weighted by Crippen LogP contribution is -2.20. The molecule has 0 atom stereocenters. The number of halogens is 1. The molecule has 0 saturated heterocycles. The number of hydrazone groups is 1. The minimum absolute atomic E-state index is 0.0422. The van der Waals surface area contributed by atoms with Crippen molar-refractivity contribution >= 4 is 52.2 Å². The van der Waals surface area contributed by atoms with E-state index >= 15 is 0 Å². The van der Waals surface area contributed by atoms with Gasteiger partial charge in [-0.2, -0.15) is 5.10 Å². The number of aromatic nitrogens is 3. The molecule has 0 radical (unpaired) electrons. The van der Waals surface area contributed by atoms with Crippen LogP contribution in [0.3, 0.4) is 0 Å². The molecule has 2 aromatic carbocycles. The van der Waals surface area contributed by atoms with Gasteiger partial charge in [-0.15, -0.1) is 10.2 Å². The Morgan fingerprint density at radius 1 is 1.28 bits per heavy atom. The highest BCUT2D eigenvalue weighted by atomic mass is 127. The van der Waals surface area contributed by atoms with E-state index in [0.717, 1.165) is 11.5 Å². The molecule has 3 aromatic rings. The number of thioether (sulfide) groups is 1. The zero-order chi connectivity index (χ0) is 22.9. The number of methoxy groups -OCH3 is 1. The van der Waals surface area contributed by atoms with Crippen LogP contribution in [-0.4, -0.2) is 44.9 Å². The number of nitrogens with zero attached hydrogens (tertiary/aromatic N) is 4. The highest BCUT2D eigenvalue weighted by Gasteiger charge is 2.13. The van der Waals surface area contributed by atoms with Crippen molar-refractivity contribution in [3.63, 3.8) is 0 Å². The number of ether oxygens (including phenoxy) is 1. The van der Waals surface area contributed by atoms with Gasteiger partial charge in [0.2, 0.25) is 0 Å². The minimum Gasteiger partial charge on any atom is -0.507 e. The Hall–Kier alpha value is -2.80. The summed E-state index contributed by atoms with van der Waals surface area (Å²) in [5.74, 6) is 1.25. The molecule has 0 spiro atoms. The van der Waals surface area contributed by atoms with E-state index in [1.54, 1.807) is 12.1 Å². The Morgan fingerprint density at radius 3 is 2.78 bits per heavy atom. The van der Waals surface area contributed by atoms with Gasteiger partial charge in [-0.1, -0.05) is 11.8 Å². The summed E-state index contributed by atoms with van der Waals surface area (Å²) >= 11 is 3.55. The number of rotatable bonds is 10. The lowest BCUT2D eigenvalue weighted by Gasteiger charge is -2.09. The smallest absolute Gasteiger partial charge is 0.250 e. The predicted octanol–water partition coefficient (Wildman–Crippen LogP) is 3.47. The number of amides is 1. The molecule has 1 amide bonds. The van der Waals surface area contributed by atoms with E-state index in [1.807, 2.05) is 35.8 Å². The summed E-state index contributed by atoms with van der Waals surface area (Å²) < 4.78 is 8.25. The summed E-state index contributed by atoms with van der Waals surface area (Å²) in [6, 6.07) is 12.9. The standard InChI is InChI=1S/C21H23IN6O3S/c1-3-28-19(12-23-16-6-4-15(22)5-7-16)25-27-21(28)32-13-20(30)26-24-11-14-10-17(31-2)8-9-18(14)29/h4-11,23,29H,3,12-13H2,1-2H3,(H,26,30)/b24-11+. The fourth-order valence-electron chi connectivity index (χ4n) is 2.72. The number of hydrogen-bond donors (Lipinski definition) is 3. The quantitative estimate of drug-likeness (QED) is 0.149. The average molecular weight is 566 g/mol. The summed E-state index contributed by atoms with van der Waals surface area (Å²) in [6.07, 6.45) is 1.36. The van der Waals surface area contributed by atoms with Gasteiger partial charge in [-0.05, 0) is 72.0 Å². The van der Waals surface area contributed by atoms with Gasteiger partial charge in [-0.25, -0.2) is 5.43 Å². The van der Waals surface area contributed by atoms with Crippen molar-refractivity contribution in [2.24, 2.45) is 5.10 Å². The first-order chi connectivity index (χ1) is 15.5. The largest absolute Gasteiger partial charge is 0.507 e. The number of phenolic OH excluding ortho intramolecular Hbond substituents is 1. The Balaban J connectivity index is 1.52. The molecule has 3 N–H and O–H groups in total. The molecule has 0 aliphatic rings. The number of carbonyl (C=O) groups is 1. The number of benzene rings is 2. The Bertz CT molecular complexity index is 1090. The summed E-state index contributed by atoms with van der Waals surface area (Å²) in [7, 11) is 1.53. The van der Waals surface area contributed by atoms with Crippen molar-refractivity contribution in [2.75, 3.05) is 18.2 Å². The van der Waals surface area contributed by atoms with Crippen molar-refractivity contribution in [1.29, 1.82) is 0 Å². The maximum Gasteiger partial charge on any atom is 0.250 e. The van der Waals surface area contributed by atoms with Crippen LogP contribution in [0.4, 0.5) is 5.69 Å². The minimum atomic E-state index is -0.294. The SMILES string of the molecule is CCn1c(CNc2ccc(I)cc2)nnc1SCC(=O)N/N=C/c1cc(OC)ccc1O. The number of nitrogens with one attached hydrogen (secondary N) is 2. The van der Waals surface area contributed by atoms with Crippen LogP contribution in [0, 0.1) is 3.57 Å². The van der Waals surface area contributed by atoms with E-state index in [4.69, 9.17) is 4.74 Å². The highest BCUT2D eigenvalue weighted by Crippen LogP contribution is 2.21. The molecule has 1 heterocycles. The molecule has 1 aromatic heterocycles. The maximum atomic E-state index is 12.2. The third-order valence-electron chi connectivity index (χ3n) is 4.36. The van der Waals surface area contributed by atoms with E-state index in [1.165, 1.54) is 34.7 Å². The first-order valence-electron chi connectivity index (χ1n) is 9.73. The zero-order valence-electron chi connectivity index (χ0n) is 17.6. The molecule has 32 heavy (non-hydrogen) atoms. The molecule has 0 fully saturated rings. The van der Waals surface area contributed by atoms with Gasteiger partial charge in [-0.3, -0.25) is 4.79 Å². The van der Waals surface area contributed by atoms with Crippen LogP contribution in [0.2, 0.25) is 0 Å². The van der Waals surface area contributed by atoms with Gasteiger partial charge in [0, 0.05) is 21.4 Å². The molecule has 9 nitrogen and oxygen atoms in total. The fraction of sp³-hybridized carbons (Fsp3) is 0.238. The van der Waals surface area contributed by atoms with Crippen LogP contribution >= 0.6 is 34.4 Å². The number of hydrogen-bond acceptors (Lipinski definition) is 8. The first kappa shape index (κ1) is 23.9. The Kier molecular flexibility index (Phi) is 8.73. The normalized spacial score (nSPS) is 11.0. The number of anilines is 1.